The molecular weight excluding hydrogens is 396 g/mol. The van der Waals surface area contributed by atoms with E-state index in [0.29, 0.717) is 22.6 Å². The number of carbonyl (C=O) groups is 2. The molecule has 1 saturated carbocycles. The first-order valence-corrected chi connectivity index (χ1v) is 11.0. The lowest BCUT2D eigenvalue weighted by molar-refractivity contribution is -0.142. The Hall–Kier alpha value is -1.92. The maximum absolute atomic E-state index is 13.4. The molecule has 2 unspecified atom stereocenters. The van der Waals surface area contributed by atoms with Gasteiger partial charge in [0.1, 0.15) is 0 Å². The first-order chi connectivity index (χ1) is 13.5. The number of carboxylic acids is 1. The van der Waals surface area contributed by atoms with Crippen LogP contribution in [0.15, 0.2) is 29.6 Å². The molecule has 4 rings (SSSR count). The van der Waals surface area contributed by atoms with Crippen molar-refractivity contribution in [3.63, 3.8) is 0 Å². The zero-order chi connectivity index (χ0) is 19.7. The van der Waals surface area contributed by atoms with E-state index in [1.165, 1.54) is 11.3 Å². The maximum Gasteiger partial charge on any atom is 0.304 e. The molecule has 1 aliphatic heterocycles. The molecule has 5 nitrogen and oxygen atoms in total. The zero-order valence-corrected chi connectivity index (χ0v) is 17.1. The van der Waals surface area contributed by atoms with Crippen LogP contribution in [0.3, 0.4) is 0 Å². The van der Waals surface area contributed by atoms with Crippen molar-refractivity contribution in [2.75, 3.05) is 11.4 Å². The van der Waals surface area contributed by atoms with Gasteiger partial charge >= 0.3 is 5.97 Å². The number of aromatic nitrogens is 1. The van der Waals surface area contributed by atoms with Gasteiger partial charge in [0.25, 0.3) is 0 Å². The third-order valence-corrected chi connectivity index (χ3v) is 6.96. The van der Waals surface area contributed by atoms with Crippen molar-refractivity contribution in [2.24, 2.45) is 17.8 Å². The highest BCUT2D eigenvalue weighted by Crippen LogP contribution is 2.46. The van der Waals surface area contributed by atoms with Crippen LogP contribution in [-0.2, 0) is 9.59 Å². The topological polar surface area (TPSA) is 70.5 Å². The number of anilines is 1. The van der Waals surface area contributed by atoms with Gasteiger partial charge in [-0.15, -0.1) is 11.3 Å². The van der Waals surface area contributed by atoms with Crippen LogP contribution in [0, 0.1) is 17.8 Å². The molecule has 0 spiro atoms. The van der Waals surface area contributed by atoms with E-state index in [0.717, 1.165) is 43.4 Å². The maximum atomic E-state index is 13.4. The summed E-state index contributed by atoms with van der Waals surface area (Å²) in [5.41, 5.74) is 1.58. The number of halogens is 1. The van der Waals surface area contributed by atoms with Gasteiger partial charge in [-0.2, -0.15) is 0 Å². The minimum Gasteiger partial charge on any atom is -0.481 e. The van der Waals surface area contributed by atoms with Crippen LogP contribution >= 0.6 is 22.9 Å². The number of benzene rings is 1. The summed E-state index contributed by atoms with van der Waals surface area (Å²) < 4.78 is 0. The van der Waals surface area contributed by atoms with Crippen LogP contribution in [0.5, 0.6) is 0 Å². The smallest absolute Gasteiger partial charge is 0.304 e. The third kappa shape index (κ3) is 4.08. The second-order valence-electron chi connectivity index (χ2n) is 7.69. The van der Waals surface area contributed by atoms with Crippen LogP contribution in [0.1, 0.15) is 38.5 Å². The number of nitrogens with zero attached hydrogens (tertiary/aromatic N) is 2. The normalized spacial score (nSPS) is 23.3. The Morgan fingerprint density at radius 3 is 2.75 bits per heavy atom. The second-order valence-corrected chi connectivity index (χ2v) is 8.93. The van der Waals surface area contributed by atoms with Crippen molar-refractivity contribution in [3.8, 4) is 11.3 Å². The van der Waals surface area contributed by atoms with E-state index in [2.05, 4.69) is 4.98 Å². The molecule has 1 N–H and O–H groups in total. The zero-order valence-electron chi connectivity index (χ0n) is 15.5. The summed E-state index contributed by atoms with van der Waals surface area (Å²) in [6.07, 6.45) is 5.01. The van der Waals surface area contributed by atoms with Gasteiger partial charge in [0, 0.05) is 22.5 Å². The molecule has 2 aliphatic rings. The van der Waals surface area contributed by atoms with Gasteiger partial charge in [-0.3, -0.25) is 14.5 Å². The van der Waals surface area contributed by atoms with Crippen molar-refractivity contribution in [2.45, 2.75) is 38.5 Å². The summed E-state index contributed by atoms with van der Waals surface area (Å²) in [6, 6.07) is 7.51. The number of carbonyl (C=O) groups excluding carboxylic acids is 1. The quantitative estimate of drug-likeness (QED) is 0.733. The number of hydrogen-bond donors (Lipinski definition) is 1. The van der Waals surface area contributed by atoms with E-state index in [1.54, 1.807) is 4.90 Å². The van der Waals surface area contributed by atoms with Crippen LogP contribution in [0.25, 0.3) is 11.3 Å². The molecule has 1 aliphatic carbocycles. The van der Waals surface area contributed by atoms with Crippen molar-refractivity contribution < 1.29 is 14.7 Å². The fourth-order valence-corrected chi connectivity index (χ4v) is 5.32. The van der Waals surface area contributed by atoms with Crippen LogP contribution in [0.4, 0.5) is 5.13 Å². The lowest BCUT2D eigenvalue weighted by Gasteiger charge is -2.33. The van der Waals surface area contributed by atoms with Crippen LogP contribution < -0.4 is 4.90 Å². The lowest BCUT2D eigenvalue weighted by atomic mass is 9.80. The number of thiazole rings is 1. The minimum absolute atomic E-state index is 0.0842. The Labute approximate surface area is 173 Å². The summed E-state index contributed by atoms with van der Waals surface area (Å²) in [7, 11) is 0. The standard InChI is InChI=1S/C21H23ClN2O3S/c22-17-7-2-1-6-15(17)18-12-28-21(23-18)24-10-4-3-5-14(13-8-9-13)16(20(24)27)11-19(25)26/h1-2,6-7,12-14,16H,3-5,8-11H2,(H,25,26). The Morgan fingerprint density at radius 1 is 1.25 bits per heavy atom. The fraction of sp³-hybridized carbons (Fsp3) is 0.476. The van der Waals surface area contributed by atoms with Crippen molar-refractivity contribution in [1.82, 2.24) is 4.98 Å². The number of carboxylic acid groups (broad SMARTS) is 1. The molecule has 1 amide bonds. The van der Waals surface area contributed by atoms with E-state index in [4.69, 9.17) is 11.6 Å². The van der Waals surface area contributed by atoms with Crippen molar-refractivity contribution in [3.05, 3.63) is 34.7 Å². The first kappa shape index (κ1) is 19.4. The Bertz CT molecular complexity index is 880. The minimum atomic E-state index is -0.902. The third-order valence-electron chi connectivity index (χ3n) is 5.76. The molecule has 1 aromatic carbocycles. The van der Waals surface area contributed by atoms with Crippen molar-refractivity contribution in [1.29, 1.82) is 0 Å². The molecule has 1 saturated heterocycles. The summed E-state index contributed by atoms with van der Waals surface area (Å²) in [4.78, 5) is 31.3. The molecule has 2 fully saturated rings. The predicted octanol–water partition coefficient (Wildman–Crippen LogP) is 5.10. The summed E-state index contributed by atoms with van der Waals surface area (Å²) >= 11 is 7.70. The highest BCUT2D eigenvalue weighted by atomic mass is 35.5. The van der Waals surface area contributed by atoms with E-state index in [1.807, 2.05) is 29.6 Å². The molecule has 0 radical (unpaired) electrons. The average molecular weight is 419 g/mol. The molecule has 2 heterocycles. The fourth-order valence-electron chi connectivity index (χ4n) is 4.23. The Morgan fingerprint density at radius 2 is 2.04 bits per heavy atom. The number of hydrogen-bond acceptors (Lipinski definition) is 4. The summed E-state index contributed by atoms with van der Waals surface area (Å²) in [5, 5.41) is 12.6. The van der Waals surface area contributed by atoms with Gasteiger partial charge in [-0.1, -0.05) is 36.2 Å². The highest BCUT2D eigenvalue weighted by Gasteiger charge is 2.43. The van der Waals surface area contributed by atoms with Crippen molar-refractivity contribution >= 4 is 39.9 Å². The molecule has 2 atom stereocenters. The molecule has 1 aromatic heterocycles. The van der Waals surface area contributed by atoms with Crippen LogP contribution in [0.2, 0.25) is 5.02 Å². The van der Waals surface area contributed by atoms with Gasteiger partial charge in [0.2, 0.25) is 5.91 Å². The van der Waals surface area contributed by atoms with E-state index >= 15 is 0 Å². The number of aliphatic carboxylic acids is 1. The molecular formula is C21H23ClN2O3S. The SMILES string of the molecule is O=C(O)CC1C(=O)N(c2nc(-c3ccccc3Cl)cs2)CCCCC1C1CC1. The van der Waals surface area contributed by atoms with E-state index < -0.39 is 11.9 Å². The predicted molar refractivity (Wildman–Crippen MR) is 111 cm³/mol. The van der Waals surface area contributed by atoms with Gasteiger partial charge < -0.3 is 5.11 Å². The second kappa shape index (κ2) is 8.21. The van der Waals surface area contributed by atoms with Gasteiger partial charge in [0.05, 0.1) is 18.0 Å². The number of rotatable bonds is 5. The molecule has 0 bridgehead atoms. The molecule has 148 valence electrons. The first-order valence-electron chi connectivity index (χ1n) is 9.78. The Kier molecular flexibility index (Phi) is 5.69. The van der Waals surface area contributed by atoms with Crippen LogP contribution in [-0.4, -0.2) is 28.5 Å². The summed E-state index contributed by atoms with van der Waals surface area (Å²) in [5.74, 6) is -0.768. The van der Waals surface area contributed by atoms with Gasteiger partial charge in [-0.25, -0.2) is 4.98 Å². The van der Waals surface area contributed by atoms with Gasteiger partial charge in [-0.05, 0) is 43.6 Å². The molecule has 2 aromatic rings. The molecule has 28 heavy (non-hydrogen) atoms. The van der Waals surface area contributed by atoms with E-state index in [9.17, 15) is 14.7 Å². The molecule has 7 heteroatoms. The van der Waals surface area contributed by atoms with E-state index in [-0.39, 0.29) is 18.2 Å². The van der Waals surface area contributed by atoms with Gasteiger partial charge in [0.15, 0.2) is 5.13 Å². The largest absolute Gasteiger partial charge is 0.481 e. The highest BCUT2D eigenvalue weighted by molar-refractivity contribution is 7.14. The average Bonchev–Trinajstić information content (AvgIpc) is 3.39. The summed E-state index contributed by atoms with van der Waals surface area (Å²) in [6.45, 7) is 0.585. The monoisotopic (exact) mass is 418 g/mol. The number of amides is 1. The lowest BCUT2D eigenvalue weighted by Crippen LogP contribution is -2.43. The Balaban J connectivity index is 1.63.